The molecule has 0 aliphatic carbocycles. The van der Waals surface area contributed by atoms with Gasteiger partial charge in [-0.25, -0.2) is 4.99 Å². The maximum absolute atomic E-state index is 5.03. The molecule has 0 radical (unpaired) electrons. The maximum atomic E-state index is 5.03. The van der Waals surface area contributed by atoms with Crippen molar-refractivity contribution in [3.8, 4) is 0 Å². The molecule has 6 heteroatoms. The second-order valence-corrected chi connectivity index (χ2v) is 5.80. The van der Waals surface area contributed by atoms with Gasteiger partial charge in [0.1, 0.15) is 0 Å². The number of hydrogen-bond donors (Lipinski definition) is 3. The summed E-state index contributed by atoms with van der Waals surface area (Å²) >= 11 is 0. The Morgan fingerprint density at radius 3 is 2.40 bits per heavy atom. The highest BCUT2D eigenvalue weighted by molar-refractivity contribution is 14.0. The molecule has 0 aromatic heterocycles. The highest BCUT2D eigenvalue weighted by Crippen LogP contribution is 2.10. The lowest BCUT2D eigenvalue weighted by atomic mass is 10.2. The van der Waals surface area contributed by atoms with E-state index < -0.39 is 0 Å². The Bertz CT molecular complexity index is 451. The molecular formula is C19H35IN4O. The van der Waals surface area contributed by atoms with E-state index in [4.69, 9.17) is 4.74 Å². The first kappa shape index (κ1) is 24.0. The van der Waals surface area contributed by atoms with E-state index in [1.54, 1.807) is 7.11 Å². The first-order chi connectivity index (χ1) is 11.8. The van der Waals surface area contributed by atoms with Crippen molar-refractivity contribution in [2.45, 2.75) is 46.1 Å². The molecule has 0 spiro atoms. The molecule has 0 saturated heterocycles. The molecule has 3 N–H and O–H groups in total. The lowest BCUT2D eigenvalue weighted by molar-refractivity contribution is 0.211. The van der Waals surface area contributed by atoms with Crippen molar-refractivity contribution in [2.75, 3.05) is 38.7 Å². The Balaban J connectivity index is 0.00000576. The zero-order valence-corrected chi connectivity index (χ0v) is 18.3. The molecule has 0 unspecified atom stereocenters. The Labute approximate surface area is 170 Å². The molecule has 0 bridgehead atoms. The third-order valence-corrected chi connectivity index (χ3v) is 3.68. The fourth-order valence-electron chi connectivity index (χ4n) is 2.30. The normalized spacial score (nSPS) is 10.9. The van der Waals surface area contributed by atoms with Crippen LogP contribution in [0.1, 0.15) is 45.1 Å². The van der Waals surface area contributed by atoms with Crippen molar-refractivity contribution in [3.63, 3.8) is 0 Å². The van der Waals surface area contributed by atoms with Gasteiger partial charge in [0.05, 0.1) is 13.2 Å². The van der Waals surface area contributed by atoms with Crippen molar-refractivity contribution >= 4 is 35.6 Å². The molecule has 5 nitrogen and oxygen atoms in total. The quantitative estimate of drug-likeness (QED) is 0.190. The summed E-state index contributed by atoms with van der Waals surface area (Å²) in [5.41, 5.74) is 2.32. The van der Waals surface area contributed by atoms with E-state index in [9.17, 15) is 0 Å². The van der Waals surface area contributed by atoms with Crippen LogP contribution in [0.15, 0.2) is 29.3 Å². The predicted molar refractivity (Wildman–Crippen MR) is 119 cm³/mol. The van der Waals surface area contributed by atoms with E-state index >= 15 is 0 Å². The van der Waals surface area contributed by atoms with Gasteiger partial charge >= 0.3 is 0 Å². The number of nitrogens with one attached hydrogen (secondary N) is 3. The topological polar surface area (TPSA) is 57.7 Å². The number of anilines is 1. The minimum absolute atomic E-state index is 0. The van der Waals surface area contributed by atoms with Crippen LogP contribution >= 0.6 is 24.0 Å². The zero-order valence-electron chi connectivity index (χ0n) is 15.9. The first-order valence-electron chi connectivity index (χ1n) is 9.14. The summed E-state index contributed by atoms with van der Waals surface area (Å²) in [7, 11) is 1.71. The van der Waals surface area contributed by atoms with Gasteiger partial charge in [0, 0.05) is 32.4 Å². The van der Waals surface area contributed by atoms with E-state index in [0.29, 0.717) is 13.2 Å². The Morgan fingerprint density at radius 1 is 1.00 bits per heavy atom. The maximum Gasteiger partial charge on any atom is 0.191 e. The monoisotopic (exact) mass is 462 g/mol. The molecule has 144 valence electrons. The average Bonchev–Trinajstić information content (AvgIpc) is 2.60. The molecule has 0 amide bonds. The van der Waals surface area contributed by atoms with E-state index in [1.807, 2.05) is 0 Å². The fraction of sp³-hybridized carbons (Fsp3) is 0.632. The van der Waals surface area contributed by atoms with E-state index in [0.717, 1.165) is 31.3 Å². The number of methoxy groups -OCH3 is 1. The molecule has 0 atom stereocenters. The first-order valence-corrected chi connectivity index (χ1v) is 9.14. The van der Waals surface area contributed by atoms with Gasteiger partial charge in [-0.2, -0.15) is 0 Å². The predicted octanol–water partition coefficient (Wildman–Crippen LogP) is 4.00. The fourth-order valence-corrected chi connectivity index (χ4v) is 2.30. The zero-order chi connectivity index (χ0) is 17.5. The smallest absolute Gasteiger partial charge is 0.191 e. The number of nitrogens with zero attached hydrogens (tertiary/aromatic N) is 1. The summed E-state index contributed by atoms with van der Waals surface area (Å²) in [6, 6.07) is 8.41. The molecule has 0 aliphatic rings. The van der Waals surface area contributed by atoms with Crippen molar-refractivity contribution in [2.24, 2.45) is 4.99 Å². The molecule has 1 aromatic carbocycles. The molecule has 1 rings (SSSR count). The number of aliphatic imine (C=N–C) groups is 1. The Kier molecular flexibility index (Phi) is 15.8. The highest BCUT2D eigenvalue weighted by atomic mass is 127. The lowest BCUT2D eigenvalue weighted by Gasteiger charge is -2.11. The number of rotatable bonds is 12. The van der Waals surface area contributed by atoms with E-state index in [1.165, 1.54) is 31.2 Å². The van der Waals surface area contributed by atoms with Crippen molar-refractivity contribution < 1.29 is 4.74 Å². The minimum atomic E-state index is 0. The average molecular weight is 462 g/mol. The largest absolute Gasteiger partial charge is 0.383 e. The van der Waals surface area contributed by atoms with Gasteiger partial charge in [-0.05, 0) is 31.0 Å². The third kappa shape index (κ3) is 12.0. The SMILES string of the molecule is CCCCCCNC(=NCc1ccc(NCCOC)cc1)NCC.I. The molecule has 25 heavy (non-hydrogen) atoms. The molecular weight excluding hydrogens is 427 g/mol. The second-order valence-electron chi connectivity index (χ2n) is 5.80. The summed E-state index contributed by atoms with van der Waals surface area (Å²) < 4.78 is 5.03. The van der Waals surface area contributed by atoms with Crippen LogP contribution in [-0.4, -0.2) is 39.3 Å². The van der Waals surface area contributed by atoms with Crippen LogP contribution in [0.25, 0.3) is 0 Å². The standard InChI is InChI=1S/C19H34N4O.HI/c1-4-6-7-8-13-22-19(20-5-2)23-16-17-9-11-18(12-10-17)21-14-15-24-3;/h9-12,21H,4-8,13-16H2,1-3H3,(H2,20,22,23);1H. The number of halogens is 1. The van der Waals surface area contributed by atoms with Gasteiger partial charge in [0.15, 0.2) is 5.96 Å². The van der Waals surface area contributed by atoms with Gasteiger partial charge in [0.2, 0.25) is 0 Å². The summed E-state index contributed by atoms with van der Waals surface area (Å²) in [5, 5.41) is 10.0. The number of benzene rings is 1. The lowest BCUT2D eigenvalue weighted by Crippen LogP contribution is -2.37. The van der Waals surface area contributed by atoms with Crippen LogP contribution < -0.4 is 16.0 Å². The highest BCUT2D eigenvalue weighted by Gasteiger charge is 1.98. The van der Waals surface area contributed by atoms with Crippen LogP contribution in [0.5, 0.6) is 0 Å². The molecule has 0 aliphatic heterocycles. The Morgan fingerprint density at radius 2 is 1.76 bits per heavy atom. The van der Waals surface area contributed by atoms with Gasteiger partial charge in [-0.15, -0.1) is 24.0 Å². The van der Waals surface area contributed by atoms with Gasteiger partial charge in [-0.1, -0.05) is 38.3 Å². The number of ether oxygens (including phenoxy) is 1. The van der Waals surface area contributed by atoms with Crippen molar-refractivity contribution in [3.05, 3.63) is 29.8 Å². The Hall–Kier alpha value is -1.02. The second kappa shape index (κ2) is 16.4. The van der Waals surface area contributed by atoms with Gasteiger partial charge < -0.3 is 20.7 Å². The van der Waals surface area contributed by atoms with Crippen LogP contribution in [0.2, 0.25) is 0 Å². The molecule has 0 fully saturated rings. The van der Waals surface area contributed by atoms with E-state index in [2.05, 4.69) is 59.1 Å². The third-order valence-electron chi connectivity index (χ3n) is 3.68. The number of hydrogen-bond acceptors (Lipinski definition) is 3. The molecule has 0 saturated carbocycles. The minimum Gasteiger partial charge on any atom is -0.383 e. The summed E-state index contributed by atoms with van der Waals surface area (Å²) in [6.07, 6.45) is 5.05. The summed E-state index contributed by atoms with van der Waals surface area (Å²) in [4.78, 5) is 4.66. The summed E-state index contributed by atoms with van der Waals surface area (Å²) in [6.45, 7) is 8.40. The molecule has 0 heterocycles. The van der Waals surface area contributed by atoms with Crippen molar-refractivity contribution in [1.82, 2.24) is 10.6 Å². The van der Waals surface area contributed by atoms with Crippen LogP contribution in [-0.2, 0) is 11.3 Å². The van der Waals surface area contributed by atoms with Crippen LogP contribution in [0.4, 0.5) is 5.69 Å². The van der Waals surface area contributed by atoms with Gasteiger partial charge in [-0.3, -0.25) is 0 Å². The van der Waals surface area contributed by atoms with Crippen LogP contribution in [0, 0.1) is 0 Å². The van der Waals surface area contributed by atoms with Crippen molar-refractivity contribution in [1.29, 1.82) is 0 Å². The van der Waals surface area contributed by atoms with E-state index in [-0.39, 0.29) is 24.0 Å². The molecule has 1 aromatic rings. The summed E-state index contributed by atoms with van der Waals surface area (Å²) in [5.74, 6) is 0.899. The van der Waals surface area contributed by atoms with Gasteiger partial charge in [0.25, 0.3) is 0 Å². The number of unbranched alkanes of at least 4 members (excludes halogenated alkanes) is 3. The van der Waals surface area contributed by atoms with Crippen LogP contribution in [0.3, 0.4) is 0 Å². The number of guanidine groups is 1.